The van der Waals surface area contributed by atoms with Gasteiger partial charge in [-0.1, -0.05) is 76.8 Å². The van der Waals surface area contributed by atoms with Gasteiger partial charge in [0.1, 0.15) is 5.82 Å². The molecule has 3 rings (SSSR count). The summed E-state index contributed by atoms with van der Waals surface area (Å²) in [5.74, 6) is 0.477. The molecule has 9 heteroatoms. The van der Waals surface area contributed by atoms with Crippen molar-refractivity contribution in [3.63, 3.8) is 0 Å². The van der Waals surface area contributed by atoms with E-state index in [2.05, 4.69) is 51.9 Å². The normalized spacial score (nSPS) is 11.5. The Morgan fingerprint density at radius 2 is 1.72 bits per heavy atom. The lowest BCUT2D eigenvalue weighted by molar-refractivity contribution is -0.118. The third-order valence-corrected chi connectivity index (χ3v) is 7.07. The summed E-state index contributed by atoms with van der Waals surface area (Å²) in [5, 5.41) is 12.3. The summed E-state index contributed by atoms with van der Waals surface area (Å²) in [7, 11) is 0. The zero-order valence-corrected chi connectivity index (χ0v) is 18.3. The van der Waals surface area contributed by atoms with E-state index >= 15 is 0 Å². The number of amides is 1. The van der Waals surface area contributed by atoms with E-state index in [0.29, 0.717) is 5.71 Å². The van der Waals surface area contributed by atoms with Crippen molar-refractivity contribution in [2.24, 2.45) is 5.10 Å². The van der Waals surface area contributed by atoms with Gasteiger partial charge in [-0.2, -0.15) is 5.10 Å². The topological polar surface area (TPSA) is 67.2 Å². The average molecular weight is 447 g/mol. The molecule has 1 amide bonds. The average Bonchev–Trinajstić information content (AvgIpc) is 3.18. The maximum absolute atomic E-state index is 13.0. The monoisotopic (exact) mass is 446 g/mol. The number of aryl methyl sites for hydroxylation is 1. The number of nitrogens with zero attached hydrogens (tertiary/aromatic N) is 3. The summed E-state index contributed by atoms with van der Waals surface area (Å²) >= 11 is 4.43. The maximum atomic E-state index is 13.0. The lowest BCUT2D eigenvalue weighted by Crippen LogP contribution is -2.21. The highest BCUT2D eigenvalue weighted by atomic mass is 32.2. The van der Waals surface area contributed by atoms with E-state index in [-0.39, 0.29) is 17.5 Å². The van der Waals surface area contributed by atoms with E-state index in [1.54, 1.807) is 30.8 Å². The fourth-order valence-electron chi connectivity index (χ4n) is 2.20. The molecule has 5 nitrogen and oxygen atoms in total. The molecule has 0 fully saturated rings. The van der Waals surface area contributed by atoms with Crippen molar-refractivity contribution >= 4 is 46.5 Å². The molecule has 0 atom stereocenters. The van der Waals surface area contributed by atoms with Crippen LogP contribution in [0.25, 0.3) is 0 Å². The second-order valence-corrected chi connectivity index (χ2v) is 9.56. The number of halogens is 1. The SMILES string of the molecule is C/C(=N\NC(=O)CSc1nnc(SCc2ccc(C)cc2)s1)c1ccc(F)cc1. The maximum Gasteiger partial charge on any atom is 0.250 e. The van der Waals surface area contributed by atoms with Gasteiger partial charge in [0.25, 0.3) is 5.91 Å². The Balaban J connectivity index is 1.43. The van der Waals surface area contributed by atoms with E-state index in [1.807, 2.05) is 0 Å². The molecule has 0 saturated heterocycles. The van der Waals surface area contributed by atoms with Crippen LogP contribution in [0.1, 0.15) is 23.6 Å². The van der Waals surface area contributed by atoms with E-state index in [1.165, 1.54) is 46.4 Å². The molecule has 0 aliphatic carbocycles. The van der Waals surface area contributed by atoms with E-state index in [9.17, 15) is 9.18 Å². The van der Waals surface area contributed by atoms with Crippen LogP contribution in [0.5, 0.6) is 0 Å². The Kier molecular flexibility index (Phi) is 7.79. The Hall–Kier alpha value is -2.23. The van der Waals surface area contributed by atoms with Crippen LogP contribution in [0.15, 0.2) is 62.3 Å². The molecule has 0 saturated carbocycles. The van der Waals surface area contributed by atoms with Crippen LogP contribution in [-0.4, -0.2) is 27.6 Å². The molecule has 150 valence electrons. The first-order valence-corrected chi connectivity index (χ1v) is 11.5. The highest BCUT2D eigenvalue weighted by molar-refractivity contribution is 8.03. The lowest BCUT2D eigenvalue weighted by atomic mass is 10.1. The molecule has 3 aromatic rings. The van der Waals surface area contributed by atoms with Gasteiger partial charge in [-0.15, -0.1) is 10.2 Å². The molecule has 1 aromatic heterocycles. The lowest BCUT2D eigenvalue weighted by Gasteiger charge is -2.02. The number of rotatable bonds is 8. The van der Waals surface area contributed by atoms with Crippen LogP contribution < -0.4 is 5.43 Å². The van der Waals surface area contributed by atoms with Crippen LogP contribution in [0.3, 0.4) is 0 Å². The van der Waals surface area contributed by atoms with Crippen LogP contribution in [-0.2, 0) is 10.5 Å². The van der Waals surface area contributed by atoms with Crippen molar-refractivity contribution in [3.05, 3.63) is 71.0 Å². The quantitative estimate of drug-likeness (QED) is 0.302. The van der Waals surface area contributed by atoms with Gasteiger partial charge in [-0.25, -0.2) is 9.82 Å². The smallest absolute Gasteiger partial charge is 0.250 e. The van der Waals surface area contributed by atoms with Crippen molar-refractivity contribution in [1.82, 2.24) is 15.6 Å². The van der Waals surface area contributed by atoms with Gasteiger partial charge < -0.3 is 0 Å². The first kappa shape index (κ1) is 21.5. The molecular formula is C20H19FN4OS3. The number of hydrogen-bond acceptors (Lipinski definition) is 7. The summed E-state index contributed by atoms with van der Waals surface area (Å²) < 4.78 is 14.6. The van der Waals surface area contributed by atoms with Gasteiger partial charge in [-0.05, 0) is 37.1 Å². The molecule has 0 bridgehead atoms. The third kappa shape index (κ3) is 6.95. The van der Waals surface area contributed by atoms with Crippen molar-refractivity contribution in [2.45, 2.75) is 28.3 Å². The number of benzene rings is 2. The number of carbonyl (C=O) groups excluding carboxylic acids is 1. The zero-order chi connectivity index (χ0) is 20.6. The minimum atomic E-state index is -0.310. The number of carbonyl (C=O) groups is 1. The third-order valence-electron chi connectivity index (χ3n) is 3.81. The fourth-order valence-corrected chi connectivity index (χ4v) is 4.97. The molecule has 0 unspecified atom stereocenters. The Labute approximate surface area is 181 Å². The predicted molar refractivity (Wildman–Crippen MR) is 118 cm³/mol. The van der Waals surface area contributed by atoms with E-state index < -0.39 is 0 Å². The Morgan fingerprint density at radius 1 is 1.07 bits per heavy atom. The first-order chi connectivity index (χ1) is 14.0. The van der Waals surface area contributed by atoms with Gasteiger partial charge in [0.05, 0.1) is 11.5 Å². The van der Waals surface area contributed by atoms with Crippen molar-refractivity contribution in [2.75, 3.05) is 5.75 Å². The zero-order valence-electron chi connectivity index (χ0n) is 15.9. The molecule has 29 heavy (non-hydrogen) atoms. The molecule has 1 heterocycles. The summed E-state index contributed by atoms with van der Waals surface area (Å²) in [5.41, 5.74) is 6.34. The van der Waals surface area contributed by atoms with Gasteiger partial charge in [0, 0.05) is 5.75 Å². The molecular weight excluding hydrogens is 427 g/mol. The molecule has 0 spiro atoms. The highest BCUT2D eigenvalue weighted by Crippen LogP contribution is 2.30. The minimum absolute atomic E-state index is 0.192. The Morgan fingerprint density at radius 3 is 2.41 bits per heavy atom. The highest BCUT2D eigenvalue weighted by Gasteiger charge is 2.09. The van der Waals surface area contributed by atoms with Crippen LogP contribution in [0.4, 0.5) is 4.39 Å². The van der Waals surface area contributed by atoms with E-state index in [0.717, 1.165) is 20.0 Å². The number of nitrogens with one attached hydrogen (secondary N) is 1. The molecule has 1 N–H and O–H groups in total. The largest absolute Gasteiger partial charge is 0.272 e. The second kappa shape index (κ2) is 10.5. The molecule has 2 aromatic carbocycles. The first-order valence-electron chi connectivity index (χ1n) is 8.73. The fraction of sp³-hybridized carbons (Fsp3) is 0.200. The molecule has 0 radical (unpaired) electrons. The minimum Gasteiger partial charge on any atom is -0.272 e. The van der Waals surface area contributed by atoms with Gasteiger partial charge in [0.2, 0.25) is 0 Å². The van der Waals surface area contributed by atoms with Crippen molar-refractivity contribution in [1.29, 1.82) is 0 Å². The van der Waals surface area contributed by atoms with Gasteiger partial charge in [0.15, 0.2) is 8.68 Å². The van der Waals surface area contributed by atoms with Gasteiger partial charge >= 0.3 is 0 Å². The van der Waals surface area contributed by atoms with Crippen LogP contribution >= 0.6 is 34.9 Å². The van der Waals surface area contributed by atoms with Crippen LogP contribution in [0.2, 0.25) is 0 Å². The summed E-state index contributed by atoms with van der Waals surface area (Å²) in [6.07, 6.45) is 0. The van der Waals surface area contributed by atoms with Gasteiger partial charge in [-0.3, -0.25) is 4.79 Å². The number of aromatic nitrogens is 2. The number of hydrogen-bond donors (Lipinski definition) is 1. The Bertz CT molecular complexity index is 988. The van der Waals surface area contributed by atoms with E-state index in [4.69, 9.17) is 0 Å². The number of thioether (sulfide) groups is 2. The second-order valence-electron chi connectivity index (χ2n) is 6.14. The van der Waals surface area contributed by atoms with Crippen molar-refractivity contribution in [3.8, 4) is 0 Å². The standard InChI is InChI=1S/C20H19FN4OS3/c1-13-3-5-15(6-4-13)11-27-19-24-25-20(29-19)28-12-18(26)23-22-14(2)16-7-9-17(21)10-8-16/h3-10H,11-12H2,1-2H3,(H,23,26)/b22-14+. The molecule has 0 aliphatic rings. The summed E-state index contributed by atoms with van der Waals surface area (Å²) in [6, 6.07) is 14.4. The molecule has 0 aliphatic heterocycles. The number of hydrazone groups is 1. The summed E-state index contributed by atoms with van der Waals surface area (Å²) in [4.78, 5) is 12.0. The predicted octanol–water partition coefficient (Wildman–Crippen LogP) is 4.91. The van der Waals surface area contributed by atoms with Crippen LogP contribution in [0, 0.1) is 12.7 Å². The van der Waals surface area contributed by atoms with Crippen molar-refractivity contribution < 1.29 is 9.18 Å². The summed E-state index contributed by atoms with van der Waals surface area (Å²) in [6.45, 7) is 3.82.